The van der Waals surface area contributed by atoms with Crippen molar-refractivity contribution in [3.8, 4) is 11.8 Å². The van der Waals surface area contributed by atoms with Gasteiger partial charge >= 0.3 is 0 Å². The molecule has 43 heavy (non-hydrogen) atoms. The van der Waals surface area contributed by atoms with Crippen LogP contribution in [0.5, 0.6) is 11.8 Å². The van der Waals surface area contributed by atoms with E-state index in [4.69, 9.17) is 39.4 Å². The standard InChI is InChI=1S/C13H11ClN6O.C8H9N5O.C5H3BrClN/c14-8-2-1-3-9(18-8)21-13-10-11(15)16-6-17-12(10)20(19-13)7-4-5-7;9-6-5-7(11-3-10-6)13(4-1-2-4)12-8(5)14;6-4-2-1-3-5(7)8-4/h1-3,6-7H,4-5H2,(H2,15,16,17);3-4H,1-2H2,(H,12,14)(H2,9,10,11);1-3H. The van der Waals surface area contributed by atoms with E-state index in [2.05, 4.69) is 56.0 Å². The molecule has 5 N–H and O–H groups in total. The lowest BCUT2D eigenvalue weighted by molar-refractivity contribution is 0.436. The molecule has 2 fully saturated rings. The number of anilines is 2. The highest BCUT2D eigenvalue weighted by molar-refractivity contribution is 9.10. The fraction of sp³-hybridized carbons (Fsp3) is 0.231. The number of nitrogens with one attached hydrogen (secondary N) is 1. The first-order valence-corrected chi connectivity index (χ1v) is 14.6. The number of ether oxygens (including phenoxy) is 1. The molecule has 220 valence electrons. The number of nitrogen functional groups attached to an aromatic ring is 2. The summed E-state index contributed by atoms with van der Waals surface area (Å²) in [4.78, 5) is 35.6. The zero-order valence-electron chi connectivity index (χ0n) is 22.2. The first-order chi connectivity index (χ1) is 20.8. The van der Waals surface area contributed by atoms with Crippen LogP contribution < -0.4 is 21.8 Å². The van der Waals surface area contributed by atoms with E-state index in [1.807, 2.05) is 16.8 Å². The highest BCUT2D eigenvalue weighted by Crippen LogP contribution is 2.40. The second-order valence-corrected chi connectivity index (χ2v) is 11.2. The third-order valence-electron chi connectivity index (χ3n) is 6.40. The number of rotatable bonds is 4. The van der Waals surface area contributed by atoms with Crippen molar-refractivity contribution in [1.82, 2.24) is 49.5 Å². The Bertz CT molecular complexity index is 1970. The average Bonchev–Trinajstić information content (AvgIpc) is 3.91. The molecule has 2 aliphatic carbocycles. The molecule has 8 rings (SSSR count). The molecule has 0 bridgehead atoms. The first kappa shape index (κ1) is 28.8. The van der Waals surface area contributed by atoms with E-state index in [1.165, 1.54) is 12.7 Å². The molecular formula is C26H23BrCl2N12O2. The Morgan fingerprint density at radius 2 is 1.47 bits per heavy atom. The van der Waals surface area contributed by atoms with Gasteiger partial charge in [0, 0.05) is 6.07 Å². The number of nitrogens with zero attached hydrogens (tertiary/aromatic N) is 9. The summed E-state index contributed by atoms with van der Waals surface area (Å²) in [5, 5.41) is 9.07. The van der Waals surface area contributed by atoms with Gasteiger partial charge < -0.3 is 16.2 Å². The molecule has 0 radical (unpaired) electrons. The van der Waals surface area contributed by atoms with Gasteiger partial charge in [-0.15, -0.1) is 5.10 Å². The van der Waals surface area contributed by atoms with E-state index < -0.39 is 0 Å². The molecule has 0 amide bonds. The summed E-state index contributed by atoms with van der Waals surface area (Å²) in [6.07, 6.45) is 7.14. The topological polar surface area (TPSA) is 194 Å². The number of aromatic nitrogens is 10. The molecular weight excluding hydrogens is 663 g/mol. The van der Waals surface area contributed by atoms with Crippen LogP contribution in [0.2, 0.25) is 10.3 Å². The summed E-state index contributed by atoms with van der Waals surface area (Å²) >= 11 is 14.5. The largest absolute Gasteiger partial charge is 0.418 e. The summed E-state index contributed by atoms with van der Waals surface area (Å²) in [6.45, 7) is 0. The maximum atomic E-state index is 11.5. The highest BCUT2D eigenvalue weighted by atomic mass is 79.9. The van der Waals surface area contributed by atoms with E-state index in [0.29, 0.717) is 62.0 Å². The number of pyridine rings is 2. The zero-order chi connectivity index (χ0) is 30.1. The predicted octanol–water partition coefficient (Wildman–Crippen LogP) is 5.12. The van der Waals surface area contributed by atoms with Crippen molar-refractivity contribution >= 4 is 72.8 Å². The summed E-state index contributed by atoms with van der Waals surface area (Å²) in [6, 6.07) is 11.3. The van der Waals surface area contributed by atoms with Gasteiger partial charge in [0.1, 0.15) is 50.0 Å². The second kappa shape index (κ2) is 12.1. The van der Waals surface area contributed by atoms with Crippen LogP contribution in [0.25, 0.3) is 22.1 Å². The lowest BCUT2D eigenvalue weighted by Gasteiger charge is -2.02. The van der Waals surface area contributed by atoms with Crippen molar-refractivity contribution < 1.29 is 4.74 Å². The number of fused-ring (bicyclic) bond motifs is 2. The molecule has 6 heterocycles. The fourth-order valence-corrected chi connectivity index (χ4v) is 4.91. The molecule has 0 spiro atoms. The van der Waals surface area contributed by atoms with Gasteiger partial charge in [-0.05, 0) is 59.8 Å². The van der Waals surface area contributed by atoms with Gasteiger partial charge in [-0.1, -0.05) is 35.3 Å². The average molecular weight is 686 g/mol. The van der Waals surface area contributed by atoms with E-state index in [-0.39, 0.29) is 11.4 Å². The van der Waals surface area contributed by atoms with E-state index in [1.54, 1.807) is 28.9 Å². The molecule has 0 unspecified atom stereocenters. The molecule has 14 nitrogen and oxygen atoms in total. The smallest absolute Gasteiger partial charge is 0.277 e. The molecule has 0 aromatic carbocycles. The van der Waals surface area contributed by atoms with Crippen LogP contribution in [0.4, 0.5) is 11.6 Å². The molecule has 17 heteroatoms. The summed E-state index contributed by atoms with van der Waals surface area (Å²) in [5.41, 5.74) is 12.6. The lowest BCUT2D eigenvalue weighted by Crippen LogP contribution is -2.04. The van der Waals surface area contributed by atoms with Gasteiger partial charge in [-0.3, -0.25) is 14.6 Å². The molecule has 2 saturated carbocycles. The number of aromatic amines is 1. The van der Waals surface area contributed by atoms with Crippen molar-refractivity contribution in [3.05, 3.63) is 74.3 Å². The van der Waals surface area contributed by atoms with Crippen LogP contribution in [0.3, 0.4) is 0 Å². The third-order valence-corrected chi connectivity index (χ3v) is 7.26. The normalized spacial score (nSPS) is 14.1. The minimum absolute atomic E-state index is 0.204. The monoisotopic (exact) mass is 684 g/mol. The maximum Gasteiger partial charge on any atom is 0.277 e. The van der Waals surface area contributed by atoms with Crippen molar-refractivity contribution in [2.45, 2.75) is 37.8 Å². The summed E-state index contributed by atoms with van der Waals surface area (Å²) in [7, 11) is 0. The van der Waals surface area contributed by atoms with Crippen molar-refractivity contribution in [3.63, 3.8) is 0 Å². The Morgan fingerprint density at radius 1 is 0.837 bits per heavy atom. The van der Waals surface area contributed by atoms with Crippen molar-refractivity contribution in [2.24, 2.45) is 0 Å². The van der Waals surface area contributed by atoms with E-state index in [0.717, 1.165) is 30.3 Å². The second-order valence-electron chi connectivity index (χ2n) is 9.62. The van der Waals surface area contributed by atoms with Crippen LogP contribution in [0, 0.1) is 0 Å². The lowest BCUT2D eigenvalue weighted by atomic mass is 10.4. The van der Waals surface area contributed by atoms with Crippen LogP contribution in [0.1, 0.15) is 37.8 Å². The number of H-pyrrole nitrogens is 1. The minimum atomic E-state index is -0.204. The molecule has 6 aromatic heterocycles. The molecule has 6 aromatic rings. The Hall–Kier alpha value is -4.34. The van der Waals surface area contributed by atoms with Gasteiger partial charge in [0.05, 0.1) is 12.1 Å². The molecule has 0 saturated heterocycles. The summed E-state index contributed by atoms with van der Waals surface area (Å²) in [5.74, 6) is 1.29. The number of nitrogens with two attached hydrogens (primary N) is 2. The van der Waals surface area contributed by atoms with Gasteiger partial charge in [0.2, 0.25) is 5.88 Å². The van der Waals surface area contributed by atoms with Crippen molar-refractivity contribution in [2.75, 3.05) is 11.5 Å². The Balaban J connectivity index is 0.000000128. The quantitative estimate of drug-likeness (QED) is 0.208. The molecule has 2 aliphatic rings. The van der Waals surface area contributed by atoms with E-state index >= 15 is 0 Å². The van der Waals surface area contributed by atoms with Crippen LogP contribution in [0.15, 0.2) is 58.5 Å². The van der Waals surface area contributed by atoms with Crippen LogP contribution >= 0.6 is 39.1 Å². The zero-order valence-corrected chi connectivity index (χ0v) is 25.3. The Morgan fingerprint density at radius 3 is 2.07 bits per heavy atom. The van der Waals surface area contributed by atoms with Gasteiger partial charge in [0.25, 0.3) is 11.4 Å². The van der Waals surface area contributed by atoms with Crippen LogP contribution in [-0.2, 0) is 0 Å². The first-order valence-electron chi connectivity index (χ1n) is 13.1. The number of halogens is 3. The van der Waals surface area contributed by atoms with Gasteiger partial charge in [-0.2, -0.15) is 0 Å². The molecule has 0 atom stereocenters. The summed E-state index contributed by atoms with van der Waals surface area (Å²) < 4.78 is 10.1. The Labute approximate surface area is 261 Å². The van der Waals surface area contributed by atoms with Crippen molar-refractivity contribution in [1.29, 1.82) is 0 Å². The highest BCUT2D eigenvalue weighted by Gasteiger charge is 2.30. The number of hydrogen-bond donors (Lipinski definition) is 3. The SMILES string of the molecule is Clc1cccc(Br)n1.Nc1ncnc2c1c(=O)[nH]n2C1CC1.Nc1ncnc2c1c(Oc1cccc(Cl)n1)nn2C1CC1. The third kappa shape index (κ3) is 6.53. The number of hydrogen-bond acceptors (Lipinski definition) is 11. The maximum absolute atomic E-state index is 11.5. The predicted molar refractivity (Wildman–Crippen MR) is 165 cm³/mol. The Kier molecular flexibility index (Phi) is 8.10. The van der Waals surface area contributed by atoms with Gasteiger partial charge in [-0.25, -0.2) is 34.6 Å². The fourth-order valence-electron chi connectivity index (χ4n) is 4.14. The molecule has 0 aliphatic heterocycles. The van der Waals surface area contributed by atoms with Crippen LogP contribution in [-0.4, -0.2) is 49.5 Å². The van der Waals surface area contributed by atoms with E-state index in [9.17, 15) is 4.79 Å². The minimum Gasteiger partial charge on any atom is -0.418 e. The van der Waals surface area contributed by atoms with Gasteiger partial charge in [0.15, 0.2) is 11.3 Å².